The molecule has 2 aliphatic rings. The summed E-state index contributed by atoms with van der Waals surface area (Å²) in [6.45, 7) is 6.67. The summed E-state index contributed by atoms with van der Waals surface area (Å²) in [6.07, 6.45) is 1.49. The van der Waals surface area contributed by atoms with E-state index in [2.05, 4.69) is 31.1 Å². The molecule has 0 aliphatic carbocycles. The molecular weight excluding hydrogens is 383 g/mol. The minimum atomic E-state index is -0.571. The number of carbonyl (C=O) groups excluding carboxylic acids is 2. The lowest BCUT2D eigenvalue weighted by atomic mass is 9.97. The van der Waals surface area contributed by atoms with Gasteiger partial charge in [-0.2, -0.15) is 0 Å². The molecule has 1 aromatic carbocycles. The van der Waals surface area contributed by atoms with Crippen LogP contribution in [0.15, 0.2) is 18.2 Å². The fraction of sp³-hybridized carbons (Fsp3) is 0.600. The lowest BCUT2D eigenvalue weighted by molar-refractivity contribution is -0.121. The van der Waals surface area contributed by atoms with E-state index in [-0.39, 0.29) is 22.9 Å². The molecule has 2 heterocycles. The Morgan fingerprint density at radius 1 is 1.14 bits per heavy atom. The summed E-state index contributed by atoms with van der Waals surface area (Å²) in [6, 6.07) is 4.80. The minimum Gasteiger partial charge on any atom is -0.326 e. The highest BCUT2D eigenvalue weighted by Gasteiger charge is 2.35. The molecule has 0 radical (unpaired) electrons. The first-order valence-corrected chi connectivity index (χ1v) is 10.2. The fourth-order valence-electron chi connectivity index (χ4n) is 3.94. The number of rotatable bonds is 2. The summed E-state index contributed by atoms with van der Waals surface area (Å²) in [5, 5.41) is 2.76. The number of benzene rings is 1. The Kier molecular flexibility index (Phi) is 6.45. The van der Waals surface area contributed by atoms with Crippen molar-refractivity contribution in [1.82, 2.24) is 14.7 Å². The molecule has 1 N–H and O–H groups in total. The highest BCUT2D eigenvalue weighted by atomic mass is 35.5. The normalized spacial score (nSPS) is 26.2. The van der Waals surface area contributed by atoms with E-state index in [1.807, 2.05) is 4.90 Å². The van der Waals surface area contributed by atoms with Crippen molar-refractivity contribution in [3.8, 4) is 0 Å². The van der Waals surface area contributed by atoms with Gasteiger partial charge in [0.2, 0.25) is 5.91 Å². The number of nitrogens with zero attached hydrogens (tertiary/aromatic N) is 3. The maximum atomic E-state index is 13.6. The van der Waals surface area contributed by atoms with Gasteiger partial charge in [0.25, 0.3) is 0 Å². The molecule has 0 spiro atoms. The highest BCUT2D eigenvalue weighted by Crippen LogP contribution is 2.23. The second kappa shape index (κ2) is 8.66. The molecule has 2 fully saturated rings. The van der Waals surface area contributed by atoms with E-state index in [1.165, 1.54) is 12.1 Å². The number of urea groups is 1. The van der Waals surface area contributed by atoms with E-state index in [4.69, 9.17) is 11.6 Å². The Labute approximate surface area is 170 Å². The van der Waals surface area contributed by atoms with Crippen LogP contribution in [0, 0.1) is 11.7 Å². The third kappa shape index (κ3) is 4.58. The zero-order valence-corrected chi connectivity index (χ0v) is 17.4. The molecule has 8 heteroatoms. The molecule has 3 amide bonds. The third-order valence-electron chi connectivity index (χ3n) is 5.88. The standard InChI is InChI=1S/C20H28ClFN4O2/c1-13-10-26(11-14(2)24(13)3)20(28)25-8-4-5-15(12-25)19(27)23-16-6-7-17(21)18(22)9-16/h6-7,9,13-15H,4-5,8,10-12H2,1-3H3,(H,23,27)/t13-,14+,15-/m0/s1. The molecule has 3 atom stereocenters. The van der Waals surface area contributed by atoms with Crippen LogP contribution in [0.1, 0.15) is 26.7 Å². The van der Waals surface area contributed by atoms with Crippen molar-refractivity contribution < 1.29 is 14.0 Å². The van der Waals surface area contributed by atoms with E-state index >= 15 is 0 Å². The first-order valence-electron chi connectivity index (χ1n) is 9.78. The van der Waals surface area contributed by atoms with Gasteiger partial charge in [0.15, 0.2) is 0 Å². The predicted octanol–water partition coefficient (Wildman–Crippen LogP) is 3.27. The van der Waals surface area contributed by atoms with E-state index in [0.717, 1.165) is 6.42 Å². The van der Waals surface area contributed by atoms with Crippen LogP contribution in [-0.2, 0) is 4.79 Å². The van der Waals surface area contributed by atoms with Gasteiger partial charge >= 0.3 is 6.03 Å². The van der Waals surface area contributed by atoms with Crippen molar-refractivity contribution in [3.63, 3.8) is 0 Å². The van der Waals surface area contributed by atoms with Crippen molar-refractivity contribution in [1.29, 1.82) is 0 Å². The SMILES string of the molecule is C[C@@H]1CN(C(=O)N2CCC[C@H](C(=O)Nc3ccc(Cl)c(F)c3)C2)C[C@H](C)N1C. The average Bonchev–Trinajstić information content (AvgIpc) is 2.68. The number of piperazine rings is 1. The van der Waals surface area contributed by atoms with E-state index in [0.29, 0.717) is 50.4 Å². The summed E-state index contributed by atoms with van der Waals surface area (Å²) < 4.78 is 13.6. The van der Waals surface area contributed by atoms with Gasteiger partial charge in [0.05, 0.1) is 10.9 Å². The van der Waals surface area contributed by atoms with Gasteiger partial charge in [0, 0.05) is 44.0 Å². The van der Waals surface area contributed by atoms with Gasteiger partial charge in [-0.15, -0.1) is 0 Å². The largest absolute Gasteiger partial charge is 0.326 e. The van der Waals surface area contributed by atoms with Crippen molar-refractivity contribution >= 4 is 29.2 Å². The van der Waals surface area contributed by atoms with Crippen LogP contribution in [-0.4, -0.2) is 71.9 Å². The minimum absolute atomic E-state index is 0.00170. The van der Waals surface area contributed by atoms with Crippen molar-refractivity contribution in [2.24, 2.45) is 5.92 Å². The number of piperidine rings is 1. The Morgan fingerprint density at radius 2 is 1.82 bits per heavy atom. The van der Waals surface area contributed by atoms with Crippen LogP contribution < -0.4 is 5.32 Å². The molecule has 6 nitrogen and oxygen atoms in total. The number of carbonyl (C=O) groups is 2. The quantitative estimate of drug-likeness (QED) is 0.814. The zero-order chi connectivity index (χ0) is 20.4. The summed E-state index contributed by atoms with van der Waals surface area (Å²) in [5.74, 6) is -1.07. The Hall–Kier alpha value is -1.86. The molecule has 3 rings (SSSR count). The molecule has 0 saturated carbocycles. The topological polar surface area (TPSA) is 55.9 Å². The number of hydrogen-bond donors (Lipinski definition) is 1. The summed E-state index contributed by atoms with van der Waals surface area (Å²) in [5.41, 5.74) is 0.372. The molecule has 1 aromatic rings. The molecule has 28 heavy (non-hydrogen) atoms. The smallest absolute Gasteiger partial charge is 0.320 e. The number of likely N-dealkylation sites (tertiary alicyclic amines) is 1. The van der Waals surface area contributed by atoms with Crippen LogP contribution in [0.4, 0.5) is 14.9 Å². The number of nitrogens with one attached hydrogen (secondary N) is 1. The molecule has 2 aliphatic heterocycles. The van der Waals surface area contributed by atoms with Gasteiger partial charge in [-0.3, -0.25) is 9.69 Å². The van der Waals surface area contributed by atoms with Crippen molar-refractivity contribution in [2.45, 2.75) is 38.8 Å². The number of anilines is 1. The monoisotopic (exact) mass is 410 g/mol. The summed E-state index contributed by atoms with van der Waals surface area (Å²) in [7, 11) is 2.08. The Bertz CT molecular complexity index is 735. The second-order valence-electron chi connectivity index (χ2n) is 7.95. The molecule has 0 unspecified atom stereocenters. The predicted molar refractivity (Wildman–Crippen MR) is 108 cm³/mol. The molecule has 0 bridgehead atoms. The third-order valence-corrected chi connectivity index (χ3v) is 6.19. The van der Waals surface area contributed by atoms with Crippen LogP contribution in [0.3, 0.4) is 0 Å². The van der Waals surface area contributed by atoms with Crippen LogP contribution in [0.5, 0.6) is 0 Å². The lowest BCUT2D eigenvalue weighted by Crippen LogP contribution is -2.60. The molecule has 2 saturated heterocycles. The van der Waals surface area contributed by atoms with Crippen LogP contribution in [0.2, 0.25) is 5.02 Å². The first-order chi connectivity index (χ1) is 13.3. The zero-order valence-electron chi connectivity index (χ0n) is 16.6. The highest BCUT2D eigenvalue weighted by molar-refractivity contribution is 6.30. The maximum absolute atomic E-state index is 13.6. The molecule has 0 aromatic heterocycles. The fourth-order valence-corrected chi connectivity index (χ4v) is 4.06. The number of likely N-dealkylation sites (N-methyl/N-ethyl adjacent to an activating group) is 1. The van der Waals surface area contributed by atoms with Gasteiger partial charge in [-0.1, -0.05) is 11.6 Å². The Morgan fingerprint density at radius 3 is 2.46 bits per heavy atom. The Balaban J connectivity index is 1.60. The van der Waals surface area contributed by atoms with E-state index in [1.54, 1.807) is 11.0 Å². The van der Waals surface area contributed by atoms with Crippen LogP contribution in [0.25, 0.3) is 0 Å². The summed E-state index contributed by atoms with van der Waals surface area (Å²) in [4.78, 5) is 31.6. The average molecular weight is 411 g/mol. The van der Waals surface area contributed by atoms with Crippen LogP contribution >= 0.6 is 11.6 Å². The number of amides is 3. The second-order valence-corrected chi connectivity index (χ2v) is 8.36. The first kappa shape index (κ1) is 20.9. The molecular formula is C20H28ClFN4O2. The van der Waals surface area contributed by atoms with Crippen molar-refractivity contribution in [3.05, 3.63) is 29.0 Å². The summed E-state index contributed by atoms with van der Waals surface area (Å²) >= 11 is 5.68. The van der Waals surface area contributed by atoms with Crippen molar-refractivity contribution in [2.75, 3.05) is 38.5 Å². The van der Waals surface area contributed by atoms with Gasteiger partial charge in [-0.25, -0.2) is 9.18 Å². The maximum Gasteiger partial charge on any atom is 0.320 e. The number of halogens is 2. The number of hydrogen-bond acceptors (Lipinski definition) is 3. The van der Waals surface area contributed by atoms with Gasteiger partial charge in [-0.05, 0) is 51.9 Å². The molecule has 154 valence electrons. The van der Waals surface area contributed by atoms with E-state index < -0.39 is 5.82 Å². The van der Waals surface area contributed by atoms with E-state index in [9.17, 15) is 14.0 Å². The van der Waals surface area contributed by atoms with Gasteiger partial charge < -0.3 is 15.1 Å². The lowest BCUT2D eigenvalue weighted by Gasteiger charge is -2.44. The van der Waals surface area contributed by atoms with Gasteiger partial charge in [0.1, 0.15) is 5.82 Å².